The summed E-state index contributed by atoms with van der Waals surface area (Å²) < 4.78 is 62.6. The van der Waals surface area contributed by atoms with Gasteiger partial charge in [0.1, 0.15) is 36.3 Å². The number of unbranched alkanes of at least 4 members (excludes halogenated alkanes) is 14. The van der Waals surface area contributed by atoms with Crippen LogP contribution in [0.5, 0.6) is 0 Å². The van der Waals surface area contributed by atoms with E-state index >= 15 is 0 Å². The number of aliphatic hydroxyl groups excluding tert-OH is 2. The number of nitrogens with one attached hydrogen (secondary N) is 2. The number of allylic oxidation sites excluding steroid dienone is 11. The van der Waals surface area contributed by atoms with E-state index in [-0.39, 0.29) is 41.6 Å². The number of carbonyl (C=O) groups excluding carboxylic acids is 3. The molecule has 1 fully saturated rings. The van der Waals surface area contributed by atoms with Gasteiger partial charge < -0.3 is 50.9 Å². The van der Waals surface area contributed by atoms with E-state index in [1.165, 1.54) is 90.9 Å². The Balaban J connectivity index is 1.16. The summed E-state index contributed by atoms with van der Waals surface area (Å²) in [6, 6.07) is 0. The van der Waals surface area contributed by atoms with Crippen molar-refractivity contribution < 1.29 is 80.5 Å². The quantitative estimate of drug-likeness (QED) is 0.0129. The second kappa shape index (κ2) is 40.4. The first-order valence-electron chi connectivity index (χ1n) is 28.5. The number of aromatic nitrogens is 4. The van der Waals surface area contributed by atoms with E-state index in [9.17, 15) is 57.9 Å². The van der Waals surface area contributed by atoms with Crippen LogP contribution in [0.2, 0.25) is 0 Å². The highest BCUT2D eigenvalue weighted by Gasteiger charge is 2.50. The Morgan fingerprint density at radius 3 is 1.84 bits per heavy atom. The summed E-state index contributed by atoms with van der Waals surface area (Å²) in [7, 11) is -16.4. The molecule has 83 heavy (non-hydrogen) atoms. The molecule has 7 atom stereocenters. The van der Waals surface area contributed by atoms with Crippen LogP contribution in [0.4, 0.5) is 5.82 Å². The Hall–Kier alpha value is -4.00. The first-order valence-corrected chi connectivity index (χ1v) is 34.0. The molecule has 24 nitrogen and oxygen atoms in total. The fraction of sp³-hybridized carbons (Fsp3) is 0.636. The van der Waals surface area contributed by atoms with Crippen molar-refractivity contribution in [3.05, 3.63) is 85.6 Å². The third-order valence-corrected chi connectivity index (χ3v) is 16.8. The van der Waals surface area contributed by atoms with Gasteiger partial charge in [0.25, 0.3) is 0 Å². The molecule has 1 aliphatic rings. The summed E-state index contributed by atoms with van der Waals surface area (Å²) in [5.41, 5.74) is 4.29. The largest absolute Gasteiger partial charge is 0.481 e. The number of hydrogen-bond acceptors (Lipinski definition) is 18. The van der Waals surface area contributed by atoms with Crippen molar-refractivity contribution in [3.8, 4) is 0 Å². The number of imidazole rings is 1. The second-order valence-corrected chi connectivity index (χ2v) is 25.9. The molecule has 3 rings (SSSR count). The molecule has 10 N–H and O–H groups in total. The topological polar surface area (TPSA) is 364 Å². The number of rotatable bonds is 45. The van der Waals surface area contributed by atoms with Gasteiger partial charge in [-0.1, -0.05) is 170 Å². The van der Waals surface area contributed by atoms with Gasteiger partial charge in [-0.25, -0.2) is 28.6 Å². The van der Waals surface area contributed by atoms with E-state index in [2.05, 4.69) is 102 Å². The average molecular weight is 1250 g/mol. The number of carbonyl (C=O) groups is 3. The van der Waals surface area contributed by atoms with Gasteiger partial charge in [-0.2, -0.15) is 4.31 Å². The Kier molecular flexibility index (Phi) is 35.7. The number of hydrogen-bond donors (Lipinski definition) is 9. The predicted octanol–water partition coefficient (Wildman–Crippen LogP) is 9.82. The number of fused-ring (bicyclic) bond motifs is 1. The summed E-state index contributed by atoms with van der Waals surface area (Å²) in [4.78, 5) is 88.7. The monoisotopic (exact) mass is 1250 g/mol. The van der Waals surface area contributed by atoms with Crippen molar-refractivity contribution in [2.45, 2.75) is 186 Å². The molecule has 2 unspecified atom stereocenters. The van der Waals surface area contributed by atoms with Crippen LogP contribution >= 0.6 is 35.2 Å². The summed E-state index contributed by atoms with van der Waals surface area (Å²) in [6.45, 7) is 2.66. The zero-order chi connectivity index (χ0) is 61.0. The van der Waals surface area contributed by atoms with E-state index in [1.807, 2.05) is 6.08 Å². The second-order valence-electron chi connectivity index (χ2n) is 20.5. The predicted molar refractivity (Wildman–Crippen MR) is 320 cm³/mol. The van der Waals surface area contributed by atoms with E-state index in [4.69, 9.17) is 19.5 Å². The molecular weight excluding hydrogens is 1160 g/mol. The Labute approximate surface area is 492 Å². The normalized spacial score (nSPS) is 19.1. The number of phosphoric ester groups is 3. The van der Waals surface area contributed by atoms with Crippen molar-refractivity contribution in [1.82, 2.24) is 30.2 Å². The molecule has 0 radical (unpaired) electrons. The number of nitrogens with zero attached hydrogens (tertiary/aromatic N) is 4. The van der Waals surface area contributed by atoms with Crippen LogP contribution in [0.1, 0.15) is 162 Å². The Morgan fingerprint density at radius 2 is 1.28 bits per heavy atom. The standard InChI is InChI=1S/C55H90N7O17P3S/c1-4-5-6-7-8-9-10-11-12-13-14-15-16-17-18-19-20-21-22-23-24-25-26-27-28-29-30-31-32-33-34-35-46(64)83-39-38-57-45(63)36-37-58-53(67)50(66)55(2,3)41-76-82(73,74)79-81(71,72)75-40-44-49(78-80(68,69)70)48(65)54(77-44)62-43-61-47-51(56)59-42-60-52(47)62/h5-6,8-9,11-12,14-15,17-18,34-35,42-44,48-50,54,65-66H,4,7,10,13,16,19-33,36-41H2,1-3H3,(H,57,63)(H,58,67)(H,71,72)(H,73,74)(H2,56,59,60)(H2,68,69,70)/b6-5-,9-8-,12-11-,15-14-,18-17-,35-34+/t44-,48-,49-,50+,54-/m1/s1. The number of nitrogen functional groups attached to an aromatic ring is 1. The van der Waals surface area contributed by atoms with Gasteiger partial charge >= 0.3 is 23.5 Å². The van der Waals surface area contributed by atoms with Crippen LogP contribution in [0.15, 0.2) is 85.6 Å². The van der Waals surface area contributed by atoms with E-state index < -0.39 is 84.6 Å². The van der Waals surface area contributed by atoms with Gasteiger partial charge in [-0.05, 0) is 63.9 Å². The SMILES string of the molecule is CC/C=C\C/C=C\C/C=C\C/C=C\C/C=C\CCCCCCCCCCCCCCC/C=C/C(=O)SCCNC(=O)CCNC(=O)[C@H](O)C(C)(C)COP(=O)(O)OP(=O)(O)OC[C@H]1O[C@@H](n2cnc3c(N)ncnc32)[C@H](O)[C@@H]1OP(=O)(O)O. The maximum atomic E-state index is 12.8. The summed E-state index contributed by atoms with van der Waals surface area (Å²) in [6.07, 6.45) is 42.3. The highest BCUT2D eigenvalue weighted by atomic mass is 32.2. The third kappa shape index (κ3) is 31.8. The van der Waals surface area contributed by atoms with Gasteiger partial charge in [0.2, 0.25) is 16.9 Å². The number of phosphoric acid groups is 3. The number of thioether (sulfide) groups is 1. The Bertz CT molecular complexity index is 2580. The molecule has 0 bridgehead atoms. The summed E-state index contributed by atoms with van der Waals surface area (Å²) in [5.74, 6) is -1.11. The first kappa shape index (κ1) is 73.3. The maximum Gasteiger partial charge on any atom is 0.481 e. The lowest BCUT2D eigenvalue weighted by atomic mass is 9.87. The number of aliphatic hydroxyl groups is 2. The minimum atomic E-state index is -5.59. The molecule has 1 aliphatic heterocycles. The number of nitrogens with two attached hydrogens (primary N) is 1. The maximum absolute atomic E-state index is 12.8. The molecule has 2 amide bonds. The minimum Gasteiger partial charge on any atom is -0.386 e. The van der Waals surface area contributed by atoms with Crippen LogP contribution in [0.25, 0.3) is 11.2 Å². The fourth-order valence-corrected chi connectivity index (χ4v) is 11.8. The lowest BCUT2D eigenvalue weighted by molar-refractivity contribution is -0.137. The lowest BCUT2D eigenvalue weighted by Gasteiger charge is -2.30. The van der Waals surface area contributed by atoms with Crippen LogP contribution in [-0.4, -0.2) is 123 Å². The molecule has 2 aromatic heterocycles. The third-order valence-electron chi connectivity index (χ3n) is 12.9. The highest BCUT2D eigenvalue weighted by Crippen LogP contribution is 2.61. The molecule has 468 valence electrons. The van der Waals surface area contributed by atoms with Gasteiger partial charge in [0.15, 0.2) is 17.7 Å². The van der Waals surface area contributed by atoms with E-state index in [0.717, 1.165) is 80.4 Å². The van der Waals surface area contributed by atoms with Gasteiger partial charge in [-0.15, -0.1) is 0 Å². The molecule has 2 aromatic rings. The molecule has 0 spiro atoms. The van der Waals surface area contributed by atoms with Crippen LogP contribution in [0, 0.1) is 5.41 Å². The number of ether oxygens (including phenoxy) is 1. The lowest BCUT2D eigenvalue weighted by Crippen LogP contribution is -2.46. The molecule has 3 heterocycles. The molecule has 0 aromatic carbocycles. The number of anilines is 1. The summed E-state index contributed by atoms with van der Waals surface area (Å²) in [5, 5.41) is 26.6. The van der Waals surface area contributed by atoms with Gasteiger partial charge in [0, 0.05) is 30.7 Å². The Morgan fingerprint density at radius 1 is 0.747 bits per heavy atom. The van der Waals surface area contributed by atoms with Crippen molar-refractivity contribution in [1.29, 1.82) is 0 Å². The van der Waals surface area contributed by atoms with Gasteiger partial charge in [0.05, 0.1) is 19.5 Å². The fourth-order valence-electron chi connectivity index (χ4n) is 8.35. The van der Waals surface area contributed by atoms with Crippen LogP contribution in [0.3, 0.4) is 0 Å². The van der Waals surface area contributed by atoms with Crippen molar-refractivity contribution in [3.63, 3.8) is 0 Å². The number of amides is 2. The molecular formula is C55H90N7O17P3S. The van der Waals surface area contributed by atoms with Crippen molar-refractivity contribution in [2.24, 2.45) is 5.41 Å². The summed E-state index contributed by atoms with van der Waals surface area (Å²) >= 11 is 1.07. The van der Waals surface area contributed by atoms with Crippen LogP contribution in [-0.2, 0) is 50.7 Å². The van der Waals surface area contributed by atoms with Crippen molar-refractivity contribution in [2.75, 3.05) is 37.8 Å². The molecule has 1 saturated heterocycles. The van der Waals surface area contributed by atoms with E-state index in [0.29, 0.717) is 5.75 Å². The van der Waals surface area contributed by atoms with Crippen molar-refractivity contribution >= 4 is 69.1 Å². The van der Waals surface area contributed by atoms with Gasteiger partial charge in [-0.3, -0.25) is 32.5 Å². The first-order chi connectivity index (χ1) is 39.6. The zero-order valence-corrected chi connectivity index (χ0v) is 51.6. The van der Waals surface area contributed by atoms with Crippen LogP contribution < -0.4 is 16.4 Å². The molecule has 0 aliphatic carbocycles. The molecule has 28 heteroatoms. The molecule has 0 saturated carbocycles. The van der Waals surface area contributed by atoms with E-state index in [1.54, 1.807) is 6.08 Å². The zero-order valence-electron chi connectivity index (χ0n) is 48.1. The highest BCUT2D eigenvalue weighted by molar-refractivity contribution is 8.14. The minimum absolute atomic E-state index is 0.0315. The average Bonchev–Trinajstić information content (AvgIpc) is 2.22. The smallest absolute Gasteiger partial charge is 0.386 e.